The first-order valence-electron chi connectivity index (χ1n) is 6.01. The molecule has 0 radical (unpaired) electrons. The van der Waals surface area contributed by atoms with Crippen molar-refractivity contribution in [3.63, 3.8) is 0 Å². The van der Waals surface area contributed by atoms with Crippen molar-refractivity contribution in [2.75, 3.05) is 12.4 Å². The van der Waals surface area contributed by atoms with Gasteiger partial charge in [0.1, 0.15) is 11.6 Å². The van der Waals surface area contributed by atoms with E-state index in [2.05, 4.69) is 21.2 Å². The van der Waals surface area contributed by atoms with Crippen LogP contribution in [0.2, 0.25) is 0 Å². The number of non-ortho nitro benzene ring substituents is 1. The Morgan fingerprint density at radius 2 is 2.10 bits per heavy atom. The largest absolute Gasteiger partial charge is 0.496 e. The Kier molecular flexibility index (Phi) is 4.74. The van der Waals surface area contributed by atoms with Crippen LogP contribution < -0.4 is 10.1 Å². The summed E-state index contributed by atoms with van der Waals surface area (Å²) in [6.45, 7) is 0.207. The molecular formula is C14H12BrFN2O3. The Morgan fingerprint density at radius 1 is 1.33 bits per heavy atom. The molecule has 0 amide bonds. The normalized spacial score (nSPS) is 10.2. The number of hydrogen-bond donors (Lipinski definition) is 1. The van der Waals surface area contributed by atoms with Crippen LogP contribution in [-0.2, 0) is 6.54 Å². The third-order valence-corrected chi connectivity index (χ3v) is 3.37. The average Bonchev–Trinajstić information content (AvgIpc) is 2.47. The van der Waals surface area contributed by atoms with Gasteiger partial charge in [0.05, 0.1) is 17.7 Å². The molecule has 0 saturated heterocycles. The quantitative estimate of drug-likeness (QED) is 0.647. The van der Waals surface area contributed by atoms with Crippen molar-refractivity contribution < 1.29 is 14.1 Å². The number of methoxy groups -OCH3 is 1. The molecule has 0 heterocycles. The van der Waals surface area contributed by atoms with Gasteiger partial charge in [0.2, 0.25) is 0 Å². The maximum Gasteiger partial charge on any atom is 0.270 e. The Hall–Kier alpha value is -2.15. The molecule has 0 atom stereocenters. The van der Waals surface area contributed by atoms with E-state index >= 15 is 0 Å². The molecule has 0 bridgehead atoms. The van der Waals surface area contributed by atoms with Gasteiger partial charge in [-0.2, -0.15) is 0 Å². The molecule has 7 heteroatoms. The van der Waals surface area contributed by atoms with Crippen LogP contribution in [-0.4, -0.2) is 12.0 Å². The molecule has 0 fully saturated rings. The van der Waals surface area contributed by atoms with Crippen LogP contribution >= 0.6 is 15.9 Å². The molecule has 110 valence electrons. The molecule has 5 nitrogen and oxygen atoms in total. The second kappa shape index (κ2) is 6.53. The Bertz CT molecular complexity index is 679. The maximum atomic E-state index is 13.6. The zero-order valence-electron chi connectivity index (χ0n) is 11.1. The molecule has 0 aliphatic heterocycles. The van der Waals surface area contributed by atoms with Gasteiger partial charge in [0.15, 0.2) is 0 Å². The fourth-order valence-electron chi connectivity index (χ4n) is 1.84. The minimum atomic E-state index is -0.484. The highest BCUT2D eigenvalue weighted by Crippen LogP contribution is 2.26. The number of nitro groups is 1. The van der Waals surface area contributed by atoms with Gasteiger partial charge < -0.3 is 10.1 Å². The van der Waals surface area contributed by atoms with E-state index in [0.717, 1.165) is 4.47 Å². The fourth-order valence-corrected chi connectivity index (χ4v) is 2.20. The van der Waals surface area contributed by atoms with Gasteiger partial charge in [-0.15, -0.1) is 0 Å². The third kappa shape index (κ3) is 3.69. The van der Waals surface area contributed by atoms with E-state index in [-0.39, 0.29) is 12.2 Å². The van der Waals surface area contributed by atoms with Crippen molar-refractivity contribution in [1.82, 2.24) is 0 Å². The number of nitro benzene ring substituents is 1. The number of benzene rings is 2. The molecule has 2 aromatic rings. The van der Waals surface area contributed by atoms with Gasteiger partial charge in [-0.05, 0) is 24.3 Å². The van der Waals surface area contributed by atoms with Crippen LogP contribution in [0, 0.1) is 15.9 Å². The zero-order valence-corrected chi connectivity index (χ0v) is 12.7. The predicted octanol–water partition coefficient (Wildman–Crippen LogP) is 4.12. The average molecular weight is 355 g/mol. The number of halogens is 2. The van der Waals surface area contributed by atoms with Crippen molar-refractivity contribution in [3.05, 3.63) is 62.4 Å². The Balaban J connectivity index is 2.24. The summed E-state index contributed by atoms with van der Waals surface area (Å²) in [6.07, 6.45) is 0. The van der Waals surface area contributed by atoms with E-state index < -0.39 is 10.7 Å². The molecule has 21 heavy (non-hydrogen) atoms. The zero-order chi connectivity index (χ0) is 15.4. The van der Waals surface area contributed by atoms with Gasteiger partial charge in [0, 0.05) is 28.7 Å². The smallest absolute Gasteiger partial charge is 0.270 e. The number of ether oxygens (including phenoxy) is 1. The number of nitrogens with one attached hydrogen (secondary N) is 1. The van der Waals surface area contributed by atoms with E-state index in [9.17, 15) is 14.5 Å². The molecule has 2 rings (SSSR count). The maximum absolute atomic E-state index is 13.6. The molecule has 0 aliphatic carbocycles. The molecule has 1 N–H and O–H groups in total. The lowest BCUT2D eigenvalue weighted by Gasteiger charge is -2.11. The first kappa shape index (κ1) is 15.2. The fraction of sp³-hybridized carbons (Fsp3) is 0.143. The van der Waals surface area contributed by atoms with Crippen molar-refractivity contribution in [2.45, 2.75) is 6.54 Å². The summed E-state index contributed by atoms with van der Waals surface area (Å²) >= 11 is 3.26. The second-order valence-corrected chi connectivity index (χ2v) is 5.15. The molecule has 0 saturated carbocycles. The van der Waals surface area contributed by atoms with Crippen LogP contribution in [0.3, 0.4) is 0 Å². The number of nitrogens with zero attached hydrogens (tertiary/aromatic N) is 1. The molecule has 0 spiro atoms. The van der Waals surface area contributed by atoms with Gasteiger partial charge in [-0.25, -0.2) is 4.39 Å². The van der Waals surface area contributed by atoms with Crippen molar-refractivity contribution in [2.24, 2.45) is 0 Å². The molecular weight excluding hydrogens is 343 g/mol. The first-order chi connectivity index (χ1) is 10.0. The highest BCUT2D eigenvalue weighted by Gasteiger charge is 2.12. The summed E-state index contributed by atoms with van der Waals surface area (Å²) in [5.41, 5.74) is 0.839. The monoisotopic (exact) mass is 354 g/mol. The van der Waals surface area contributed by atoms with Gasteiger partial charge in [-0.1, -0.05) is 15.9 Å². The minimum absolute atomic E-state index is 0.0395. The van der Waals surface area contributed by atoms with Gasteiger partial charge >= 0.3 is 0 Å². The minimum Gasteiger partial charge on any atom is -0.496 e. The summed E-state index contributed by atoms with van der Waals surface area (Å²) in [5, 5.41) is 13.7. The summed E-state index contributed by atoms with van der Waals surface area (Å²) in [7, 11) is 1.48. The van der Waals surface area contributed by atoms with Gasteiger partial charge in [-0.3, -0.25) is 10.1 Å². The van der Waals surface area contributed by atoms with E-state index in [4.69, 9.17) is 4.74 Å². The predicted molar refractivity (Wildman–Crippen MR) is 81.1 cm³/mol. The van der Waals surface area contributed by atoms with Crippen LogP contribution in [0.4, 0.5) is 15.8 Å². The number of rotatable bonds is 5. The Labute approximate surface area is 129 Å². The van der Waals surface area contributed by atoms with Crippen molar-refractivity contribution in [1.29, 1.82) is 0 Å². The first-order valence-corrected chi connectivity index (χ1v) is 6.81. The van der Waals surface area contributed by atoms with Crippen molar-refractivity contribution >= 4 is 27.3 Å². The number of anilines is 1. The SMILES string of the molecule is COc1ccc([N+](=O)[O-])cc1CNc1cc(Br)ccc1F. The van der Waals surface area contributed by atoms with E-state index in [1.54, 1.807) is 12.1 Å². The standard InChI is InChI=1S/C14H12BrFN2O3/c1-21-14-5-3-11(18(19)20)6-9(14)8-17-13-7-10(15)2-4-12(13)16/h2-7,17H,8H2,1H3. The third-order valence-electron chi connectivity index (χ3n) is 2.87. The van der Waals surface area contributed by atoms with Crippen molar-refractivity contribution in [3.8, 4) is 5.75 Å². The second-order valence-electron chi connectivity index (χ2n) is 4.23. The van der Waals surface area contributed by atoms with Gasteiger partial charge in [0.25, 0.3) is 5.69 Å². The molecule has 0 aliphatic rings. The number of hydrogen-bond acceptors (Lipinski definition) is 4. The highest BCUT2D eigenvalue weighted by atomic mass is 79.9. The lowest BCUT2D eigenvalue weighted by Crippen LogP contribution is -2.04. The Morgan fingerprint density at radius 3 is 2.76 bits per heavy atom. The van der Waals surface area contributed by atoms with E-state index in [1.165, 1.54) is 31.4 Å². The topological polar surface area (TPSA) is 64.4 Å². The molecule has 0 unspecified atom stereocenters. The summed E-state index contributed by atoms with van der Waals surface area (Å²) in [4.78, 5) is 10.3. The highest BCUT2D eigenvalue weighted by molar-refractivity contribution is 9.10. The summed E-state index contributed by atoms with van der Waals surface area (Å²) < 4.78 is 19.5. The van der Waals surface area contributed by atoms with E-state index in [0.29, 0.717) is 17.0 Å². The van der Waals surface area contributed by atoms with Crippen LogP contribution in [0.25, 0.3) is 0 Å². The lowest BCUT2D eigenvalue weighted by atomic mass is 10.1. The van der Waals surface area contributed by atoms with Crippen LogP contribution in [0.1, 0.15) is 5.56 Å². The van der Waals surface area contributed by atoms with E-state index in [1.807, 2.05) is 0 Å². The van der Waals surface area contributed by atoms with Crippen LogP contribution in [0.5, 0.6) is 5.75 Å². The molecule has 2 aromatic carbocycles. The molecule has 0 aromatic heterocycles. The van der Waals surface area contributed by atoms with Crippen LogP contribution in [0.15, 0.2) is 40.9 Å². The summed E-state index contributed by atoms with van der Waals surface area (Å²) in [5.74, 6) is 0.103. The summed E-state index contributed by atoms with van der Waals surface area (Å²) in [6, 6.07) is 8.81. The lowest BCUT2D eigenvalue weighted by molar-refractivity contribution is -0.384.